The second-order valence-electron chi connectivity index (χ2n) is 5.10. The number of aromatic hydroxyl groups is 1. The van der Waals surface area contributed by atoms with E-state index in [-0.39, 0.29) is 5.75 Å². The number of para-hydroxylation sites is 1. The number of nitrogens with two attached hydrogens (primary N) is 1. The molecule has 1 aliphatic rings. The second-order valence-corrected chi connectivity index (χ2v) is 5.10. The van der Waals surface area contributed by atoms with Crippen molar-refractivity contribution in [3.05, 3.63) is 59.7 Å². The van der Waals surface area contributed by atoms with Gasteiger partial charge in [-0.25, -0.2) is 0 Å². The van der Waals surface area contributed by atoms with Gasteiger partial charge in [-0.1, -0.05) is 30.3 Å². The third-order valence-electron chi connectivity index (χ3n) is 3.66. The number of phenols is 1. The first-order valence-electron chi connectivity index (χ1n) is 6.46. The van der Waals surface area contributed by atoms with Crippen molar-refractivity contribution in [3.63, 3.8) is 0 Å². The van der Waals surface area contributed by atoms with E-state index in [1.54, 1.807) is 12.1 Å². The fourth-order valence-corrected chi connectivity index (χ4v) is 2.70. The Hall–Kier alpha value is -2.00. The molecule has 1 heterocycles. The van der Waals surface area contributed by atoms with Gasteiger partial charge in [-0.2, -0.15) is 0 Å². The maximum atomic E-state index is 9.56. The summed E-state index contributed by atoms with van der Waals surface area (Å²) in [5.74, 6) is 1.15. The summed E-state index contributed by atoms with van der Waals surface area (Å²) in [6, 6.07) is 15.2. The van der Waals surface area contributed by atoms with Crippen molar-refractivity contribution in [2.24, 2.45) is 5.73 Å². The lowest BCUT2D eigenvalue weighted by Gasteiger charge is -2.35. The summed E-state index contributed by atoms with van der Waals surface area (Å²) in [5, 5.41) is 9.56. The third-order valence-corrected chi connectivity index (χ3v) is 3.66. The van der Waals surface area contributed by atoms with Crippen LogP contribution in [0.25, 0.3) is 0 Å². The van der Waals surface area contributed by atoms with Gasteiger partial charge < -0.3 is 15.6 Å². The zero-order chi connectivity index (χ0) is 13.3. The van der Waals surface area contributed by atoms with Crippen LogP contribution in [-0.4, -0.2) is 11.7 Å². The van der Waals surface area contributed by atoms with Crippen LogP contribution >= 0.6 is 0 Å². The Balaban J connectivity index is 1.96. The van der Waals surface area contributed by atoms with Crippen LogP contribution in [0.3, 0.4) is 0 Å². The molecule has 0 fully saturated rings. The van der Waals surface area contributed by atoms with Crippen LogP contribution in [0.1, 0.15) is 17.5 Å². The lowest BCUT2D eigenvalue weighted by Crippen LogP contribution is -2.43. The van der Waals surface area contributed by atoms with Crippen molar-refractivity contribution in [2.45, 2.75) is 18.4 Å². The molecule has 0 radical (unpaired) electrons. The molecule has 0 aliphatic carbocycles. The van der Waals surface area contributed by atoms with E-state index in [1.165, 1.54) is 0 Å². The van der Waals surface area contributed by atoms with Gasteiger partial charge in [0.15, 0.2) is 0 Å². The summed E-state index contributed by atoms with van der Waals surface area (Å²) < 4.78 is 5.65. The highest BCUT2D eigenvalue weighted by Gasteiger charge is 2.33. The molecule has 2 aromatic carbocycles. The maximum absolute atomic E-state index is 9.56. The largest absolute Gasteiger partial charge is 0.508 e. The average molecular weight is 255 g/mol. The van der Waals surface area contributed by atoms with E-state index in [9.17, 15) is 5.11 Å². The minimum atomic E-state index is -0.428. The van der Waals surface area contributed by atoms with Gasteiger partial charge >= 0.3 is 0 Å². The lowest BCUT2D eigenvalue weighted by atomic mass is 9.80. The van der Waals surface area contributed by atoms with Crippen molar-refractivity contribution >= 4 is 0 Å². The van der Waals surface area contributed by atoms with Crippen molar-refractivity contribution in [1.82, 2.24) is 0 Å². The summed E-state index contributed by atoms with van der Waals surface area (Å²) in [6.07, 6.45) is 1.47. The van der Waals surface area contributed by atoms with Crippen LogP contribution < -0.4 is 10.5 Å². The van der Waals surface area contributed by atoms with Crippen LogP contribution in [0.2, 0.25) is 0 Å². The van der Waals surface area contributed by atoms with E-state index in [2.05, 4.69) is 0 Å². The normalized spacial score (nSPS) is 21.5. The molecule has 3 nitrogen and oxygen atoms in total. The summed E-state index contributed by atoms with van der Waals surface area (Å²) >= 11 is 0. The number of fused-ring (bicyclic) bond motifs is 1. The molecule has 19 heavy (non-hydrogen) atoms. The number of benzene rings is 2. The maximum Gasteiger partial charge on any atom is 0.124 e. The van der Waals surface area contributed by atoms with E-state index in [1.807, 2.05) is 36.4 Å². The highest BCUT2D eigenvalue weighted by Crippen LogP contribution is 2.37. The highest BCUT2D eigenvalue weighted by molar-refractivity contribution is 5.42. The SMILES string of the molecule is NC1(Cc2cccc(O)c2)CCOc2ccccc21. The molecule has 0 amide bonds. The number of hydrogen-bond acceptors (Lipinski definition) is 3. The fourth-order valence-electron chi connectivity index (χ4n) is 2.70. The third kappa shape index (κ3) is 2.29. The van der Waals surface area contributed by atoms with Crippen LogP contribution in [0.4, 0.5) is 0 Å². The van der Waals surface area contributed by atoms with Crippen molar-refractivity contribution in [1.29, 1.82) is 0 Å². The molecule has 1 unspecified atom stereocenters. The number of rotatable bonds is 2. The quantitative estimate of drug-likeness (QED) is 0.867. The molecule has 98 valence electrons. The van der Waals surface area contributed by atoms with Crippen LogP contribution in [-0.2, 0) is 12.0 Å². The Morgan fingerprint density at radius 2 is 2.00 bits per heavy atom. The molecule has 0 aromatic heterocycles. The Kier molecular flexibility index (Phi) is 2.91. The van der Waals surface area contributed by atoms with Gasteiger partial charge in [-0.3, -0.25) is 0 Å². The first-order valence-corrected chi connectivity index (χ1v) is 6.46. The first kappa shape index (κ1) is 12.1. The summed E-state index contributed by atoms with van der Waals surface area (Å²) in [4.78, 5) is 0. The molecule has 0 bridgehead atoms. The second kappa shape index (κ2) is 4.59. The molecular formula is C16H17NO2. The Morgan fingerprint density at radius 1 is 1.16 bits per heavy atom. The molecule has 3 heteroatoms. The van der Waals surface area contributed by atoms with Crippen LogP contribution in [0.15, 0.2) is 48.5 Å². The minimum absolute atomic E-state index is 0.279. The van der Waals surface area contributed by atoms with Gasteiger partial charge in [0.05, 0.1) is 12.1 Å². The zero-order valence-corrected chi connectivity index (χ0v) is 10.7. The Morgan fingerprint density at radius 3 is 2.84 bits per heavy atom. The van der Waals surface area contributed by atoms with Gasteiger partial charge in [0.2, 0.25) is 0 Å². The van der Waals surface area contributed by atoms with Gasteiger partial charge in [0.25, 0.3) is 0 Å². The fraction of sp³-hybridized carbons (Fsp3) is 0.250. The average Bonchev–Trinajstić information content (AvgIpc) is 2.39. The van der Waals surface area contributed by atoms with E-state index < -0.39 is 5.54 Å². The van der Waals surface area contributed by atoms with E-state index in [4.69, 9.17) is 10.5 Å². The van der Waals surface area contributed by atoms with Crippen LogP contribution in [0.5, 0.6) is 11.5 Å². The number of phenolic OH excluding ortho intramolecular Hbond substituents is 1. The van der Waals surface area contributed by atoms with Gasteiger partial charge in [0, 0.05) is 12.0 Å². The molecule has 0 saturated heterocycles. The summed E-state index contributed by atoms with van der Waals surface area (Å²) in [6.45, 7) is 0.631. The molecule has 3 N–H and O–H groups in total. The van der Waals surface area contributed by atoms with Crippen LogP contribution in [0, 0.1) is 0 Å². The van der Waals surface area contributed by atoms with E-state index >= 15 is 0 Å². The Labute approximate surface area is 112 Å². The van der Waals surface area contributed by atoms with Crippen molar-refractivity contribution < 1.29 is 9.84 Å². The summed E-state index contributed by atoms with van der Waals surface area (Å²) in [7, 11) is 0. The van der Waals surface area contributed by atoms with Gasteiger partial charge in [-0.15, -0.1) is 0 Å². The topological polar surface area (TPSA) is 55.5 Å². The highest BCUT2D eigenvalue weighted by atomic mass is 16.5. The summed E-state index contributed by atoms with van der Waals surface area (Å²) in [5.41, 5.74) is 8.25. The molecule has 0 spiro atoms. The lowest BCUT2D eigenvalue weighted by molar-refractivity contribution is 0.215. The predicted octanol–water partition coefficient (Wildman–Crippen LogP) is 2.57. The number of hydrogen-bond donors (Lipinski definition) is 2. The first-order chi connectivity index (χ1) is 9.17. The zero-order valence-electron chi connectivity index (χ0n) is 10.7. The predicted molar refractivity (Wildman–Crippen MR) is 74.2 cm³/mol. The van der Waals surface area contributed by atoms with Crippen molar-refractivity contribution in [3.8, 4) is 11.5 Å². The molecular weight excluding hydrogens is 238 g/mol. The number of ether oxygens (including phenoxy) is 1. The molecule has 1 atom stereocenters. The molecule has 2 aromatic rings. The van der Waals surface area contributed by atoms with E-state index in [0.29, 0.717) is 13.0 Å². The van der Waals surface area contributed by atoms with Crippen molar-refractivity contribution in [2.75, 3.05) is 6.61 Å². The molecule has 3 rings (SSSR count). The minimum Gasteiger partial charge on any atom is -0.508 e. The van der Waals surface area contributed by atoms with Gasteiger partial charge in [-0.05, 0) is 30.2 Å². The molecule has 1 aliphatic heterocycles. The smallest absolute Gasteiger partial charge is 0.124 e. The molecule has 0 saturated carbocycles. The standard InChI is InChI=1S/C16H17NO2/c17-16(11-12-4-3-5-13(18)10-12)8-9-19-15-7-2-1-6-14(15)16/h1-7,10,18H,8-9,11,17H2. The monoisotopic (exact) mass is 255 g/mol. The Bertz CT molecular complexity index is 597. The van der Waals surface area contributed by atoms with E-state index in [0.717, 1.165) is 23.3 Å². The van der Waals surface area contributed by atoms with Gasteiger partial charge in [0.1, 0.15) is 11.5 Å².